The number of fused-ring (bicyclic) bond motifs is 1. The molecule has 0 amide bonds. The molecule has 56 valence electrons. The summed E-state index contributed by atoms with van der Waals surface area (Å²) in [6, 6.07) is 0. The summed E-state index contributed by atoms with van der Waals surface area (Å²) in [4.78, 5) is 0. The van der Waals surface area contributed by atoms with Crippen LogP contribution in [0.2, 0.25) is 0 Å². The summed E-state index contributed by atoms with van der Waals surface area (Å²) >= 11 is 0. The monoisotopic (exact) mass is 148 g/mol. The second-order valence-electron chi connectivity index (χ2n) is 2.31. The molecule has 0 saturated heterocycles. The maximum absolute atomic E-state index is 5.59. The van der Waals surface area contributed by atoms with Gasteiger partial charge in [0.15, 0.2) is 0 Å². The van der Waals surface area contributed by atoms with Gasteiger partial charge in [0, 0.05) is 0 Å². The molecular formula is C7H8N4. The van der Waals surface area contributed by atoms with Crippen LogP contribution in [0.1, 0.15) is 0 Å². The molecule has 0 spiro atoms. The molecule has 0 atom stereocenters. The van der Waals surface area contributed by atoms with Crippen LogP contribution >= 0.6 is 0 Å². The van der Waals surface area contributed by atoms with Crippen LogP contribution in [0.15, 0.2) is 40.9 Å². The Balaban J connectivity index is 2.36. The predicted octanol–water partition coefficient (Wildman–Crippen LogP) is 0.0462. The molecule has 11 heavy (non-hydrogen) atoms. The lowest BCUT2D eigenvalue weighted by molar-refractivity contribution is 0.386. The molecule has 2 aliphatic heterocycles. The van der Waals surface area contributed by atoms with Crippen LogP contribution in [0.25, 0.3) is 0 Å². The SMILES string of the molecule is NC1=CN2NN=CC2=CC=C1. The molecule has 2 aliphatic rings. The van der Waals surface area contributed by atoms with Crippen molar-refractivity contribution in [2.75, 3.05) is 0 Å². The number of rotatable bonds is 0. The number of allylic oxidation sites excluding steroid dienone is 4. The summed E-state index contributed by atoms with van der Waals surface area (Å²) in [5, 5.41) is 5.61. The number of hydrogen-bond donors (Lipinski definition) is 2. The molecule has 4 heteroatoms. The smallest absolute Gasteiger partial charge is 0.0841 e. The van der Waals surface area contributed by atoms with Gasteiger partial charge in [-0.15, -0.1) is 0 Å². The van der Waals surface area contributed by atoms with Gasteiger partial charge in [0.1, 0.15) is 0 Å². The Labute approximate surface area is 64.3 Å². The first-order chi connectivity index (χ1) is 5.36. The standard InChI is InChI=1S/C7H8N4/c8-6-2-1-3-7-4-9-10-11(7)5-6/h1-5,10H,8H2. The van der Waals surface area contributed by atoms with Gasteiger partial charge < -0.3 is 5.73 Å². The fraction of sp³-hybridized carbons (Fsp3) is 0. The largest absolute Gasteiger partial charge is 0.397 e. The van der Waals surface area contributed by atoms with Crippen molar-refractivity contribution in [1.82, 2.24) is 10.5 Å². The summed E-state index contributed by atoms with van der Waals surface area (Å²) in [5.74, 6) is 0. The van der Waals surface area contributed by atoms with Gasteiger partial charge in [-0.1, -0.05) is 6.08 Å². The summed E-state index contributed by atoms with van der Waals surface area (Å²) in [5.41, 5.74) is 10.1. The zero-order valence-electron chi connectivity index (χ0n) is 5.86. The van der Waals surface area contributed by atoms with Gasteiger partial charge in [0.05, 0.1) is 23.8 Å². The van der Waals surface area contributed by atoms with Crippen LogP contribution < -0.4 is 11.3 Å². The number of hydrazine groups is 1. The number of nitrogens with two attached hydrogens (primary N) is 1. The van der Waals surface area contributed by atoms with Crippen molar-refractivity contribution in [2.45, 2.75) is 0 Å². The van der Waals surface area contributed by atoms with Crippen molar-refractivity contribution < 1.29 is 0 Å². The third kappa shape index (κ3) is 0.980. The van der Waals surface area contributed by atoms with Gasteiger partial charge >= 0.3 is 0 Å². The second-order valence-corrected chi connectivity index (χ2v) is 2.31. The molecule has 2 heterocycles. The molecule has 0 fully saturated rings. The molecule has 0 aromatic heterocycles. The predicted molar refractivity (Wildman–Crippen MR) is 43.0 cm³/mol. The van der Waals surface area contributed by atoms with E-state index in [0.717, 1.165) is 5.70 Å². The Kier molecular flexibility index (Phi) is 1.18. The highest BCUT2D eigenvalue weighted by Crippen LogP contribution is 2.09. The van der Waals surface area contributed by atoms with Gasteiger partial charge in [-0.3, -0.25) is 0 Å². The van der Waals surface area contributed by atoms with Crippen LogP contribution in [0.3, 0.4) is 0 Å². The molecule has 2 rings (SSSR count). The minimum absolute atomic E-state index is 0.703. The molecule has 0 radical (unpaired) electrons. The topological polar surface area (TPSA) is 53.6 Å². The lowest BCUT2D eigenvalue weighted by Crippen LogP contribution is -2.23. The fourth-order valence-corrected chi connectivity index (χ4v) is 0.954. The van der Waals surface area contributed by atoms with E-state index in [2.05, 4.69) is 10.6 Å². The fourth-order valence-electron chi connectivity index (χ4n) is 0.954. The van der Waals surface area contributed by atoms with Crippen LogP contribution in [0.5, 0.6) is 0 Å². The lowest BCUT2D eigenvalue weighted by Gasteiger charge is -2.11. The summed E-state index contributed by atoms with van der Waals surface area (Å²) in [7, 11) is 0. The van der Waals surface area contributed by atoms with E-state index in [1.165, 1.54) is 0 Å². The van der Waals surface area contributed by atoms with E-state index in [0.29, 0.717) is 5.70 Å². The highest BCUT2D eigenvalue weighted by molar-refractivity contribution is 5.80. The molecule has 3 N–H and O–H groups in total. The number of nitrogens with one attached hydrogen (secondary N) is 1. The Morgan fingerprint density at radius 3 is 3.36 bits per heavy atom. The Hall–Kier alpha value is -1.71. The summed E-state index contributed by atoms with van der Waals surface area (Å²) in [6.45, 7) is 0. The summed E-state index contributed by atoms with van der Waals surface area (Å²) in [6.07, 6.45) is 9.17. The number of hydrazone groups is 1. The zero-order chi connectivity index (χ0) is 7.68. The maximum atomic E-state index is 5.59. The van der Waals surface area contributed by atoms with Crippen LogP contribution in [-0.4, -0.2) is 11.2 Å². The molecule has 0 aliphatic carbocycles. The number of nitrogens with zero attached hydrogens (tertiary/aromatic N) is 2. The molecule has 0 aromatic rings. The van der Waals surface area contributed by atoms with E-state index < -0.39 is 0 Å². The Morgan fingerprint density at radius 1 is 1.55 bits per heavy atom. The van der Waals surface area contributed by atoms with Crippen molar-refractivity contribution in [3.05, 3.63) is 35.8 Å². The summed E-state index contributed by atoms with van der Waals surface area (Å²) < 4.78 is 0. The van der Waals surface area contributed by atoms with Gasteiger partial charge in [-0.25, -0.2) is 10.5 Å². The van der Waals surface area contributed by atoms with Crippen LogP contribution in [0, 0.1) is 0 Å². The first kappa shape index (κ1) is 6.03. The second kappa shape index (κ2) is 2.16. The quantitative estimate of drug-likeness (QED) is 0.510. The molecular weight excluding hydrogens is 140 g/mol. The zero-order valence-corrected chi connectivity index (χ0v) is 5.86. The van der Waals surface area contributed by atoms with E-state index >= 15 is 0 Å². The van der Waals surface area contributed by atoms with E-state index in [9.17, 15) is 0 Å². The van der Waals surface area contributed by atoms with Crippen LogP contribution in [0.4, 0.5) is 0 Å². The van der Waals surface area contributed by atoms with Crippen LogP contribution in [-0.2, 0) is 0 Å². The highest BCUT2D eigenvalue weighted by Gasteiger charge is 2.10. The van der Waals surface area contributed by atoms with Gasteiger partial charge in [0.25, 0.3) is 0 Å². The van der Waals surface area contributed by atoms with E-state index in [-0.39, 0.29) is 0 Å². The average Bonchev–Trinajstić information content (AvgIpc) is 2.31. The third-order valence-electron chi connectivity index (χ3n) is 1.47. The molecule has 4 nitrogen and oxygen atoms in total. The van der Waals surface area contributed by atoms with Crippen molar-refractivity contribution in [2.24, 2.45) is 10.8 Å². The average molecular weight is 148 g/mol. The molecule has 0 bridgehead atoms. The first-order valence-electron chi connectivity index (χ1n) is 3.30. The Bertz CT molecular complexity index is 285. The first-order valence-corrected chi connectivity index (χ1v) is 3.30. The minimum atomic E-state index is 0.703. The van der Waals surface area contributed by atoms with Crippen molar-refractivity contribution in [3.8, 4) is 0 Å². The van der Waals surface area contributed by atoms with E-state index in [1.807, 2.05) is 18.2 Å². The van der Waals surface area contributed by atoms with Crippen molar-refractivity contribution in [3.63, 3.8) is 0 Å². The van der Waals surface area contributed by atoms with Crippen molar-refractivity contribution in [1.29, 1.82) is 0 Å². The minimum Gasteiger partial charge on any atom is -0.397 e. The Morgan fingerprint density at radius 2 is 2.45 bits per heavy atom. The van der Waals surface area contributed by atoms with Crippen molar-refractivity contribution >= 4 is 6.21 Å². The molecule has 0 unspecified atom stereocenters. The molecule has 0 aromatic carbocycles. The maximum Gasteiger partial charge on any atom is 0.0841 e. The number of hydrogen-bond acceptors (Lipinski definition) is 4. The van der Waals surface area contributed by atoms with E-state index in [4.69, 9.17) is 5.73 Å². The highest BCUT2D eigenvalue weighted by atomic mass is 15.7. The van der Waals surface area contributed by atoms with Gasteiger partial charge in [0.2, 0.25) is 0 Å². The van der Waals surface area contributed by atoms with Gasteiger partial charge in [-0.2, -0.15) is 5.10 Å². The van der Waals surface area contributed by atoms with E-state index in [1.54, 1.807) is 17.4 Å². The lowest BCUT2D eigenvalue weighted by atomic mass is 10.4. The third-order valence-corrected chi connectivity index (χ3v) is 1.47. The normalized spacial score (nSPS) is 20.2. The molecule has 0 saturated carbocycles. The van der Waals surface area contributed by atoms with Gasteiger partial charge in [-0.05, 0) is 12.2 Å².